The van der Waals surface area contributed by atoms with Crippen LogP contribution in [0.3, 0.4) is 0 Å². The highest BCUT2D eigenvalue weighted by atomic mass is 19.4. The molecular formula is C26H35F3N6O2. The average molecular weight is 521 g/mol. The molecule has 2 saturated heterocycles. The summed E-state index contributed by atoms with van der Waals surface area (Å²) in [5.41, 5.74) is 0.195. The first-order valence-electron chi connectivity index (χ1n) is 13.1. The van der Waals surface area contributed by atoms with Crippen molar-refractivity contribution in [3.05, 3.63) is 29.2 Å². The van der Waals surface area contributed by atoms with E-state index < -0.39 is 11.7 Å². The lowest BCUT2D eigenvalue weighted by molar-refractivity contribution is -0.137. The lowest BCUT2D eigenvalue weighted by Gasteiger charge is -2.36. The van der Waals surface area contributed by atoms with Gasteiger partial charge in [0.05, 0.1) is 5.69 Å². The maximum atomic E-state index is 14.0. The highest BCUT2D eigenvalue weighted by Gasteiger charge is 2.38. The van der Waals surface area contributed by atoms with Crippen LogP contribution in [-0.4, -0.2) is 70.2 Å². The molecule has 0 saturated carbocycles. The zero-order chi connectivity index (χ0) is 26.2. The number of aromatic amines is 1. The minimum absolute atomic E-state index is 0.0151. The molecule has 5 rings (SSSR count). The maximum absolute atomic E-state index is 14.0. The summed E-state index contributed by atoms with van der Waals surface area (Å²) in [6.45, 7) is 7.53. The van der Waals surface area contributed by atoms with Gasteiger partial charge in [-0.2, -0.15) is 13.2 Å². The number of aromatic nitrogens is 3. The molecule has 202 valence electrons. The molecule has 2 aromatic heterocycles. The maximum Gasteiger partial charge on any atom is 0.419 e. The Morgan fingerprint density at radius 3 is 2.73 bits per heavy atom. The van der Waals surface area contributed by atoms with Crippen molar-refractivity contribution >= 4 is 11.9 Å². The van der Waals surface area contributed by atoms with Crippen LogP contribution in [0.15, 0.2) is 12.4 Å². The Hall–Kier alpha value is -2.66. The highest BCUT2D eigenvalue weighted by molar-refractivity contribution is 5.96. The predicted octanol–water partition coefficient (Wildman–Crippen LogP) is 4.25. The van der Waals surface area contributed by atoms with Crippen LogP contribution in [0.4, 0.5) is 19.1 Å². The van der Waals surface area contributed by atoms with Crippen LogP contribution in [0.1, 0.15) is 67.6 Å². The van der Waals surface area contributed by atoms with Crippen LogP contribution < -0.4 is 10.6 Å². The van der Waals surface area contributed by atoms with Gasteiger partial charge in [0.15, 0.2) is 0 Å². The lowest BCUT2D eigenvalue weighted by Crippen LogP contribution is -2.50. The Kier molecular flexibility index (Phi) is 7.19. The van der Waals surface area contributed by atoms with E-state index >= 15 is 0 Å². The third kappa shape index (κ3) is 5.77. The van der Waals surface area contributed by atoms with E-state index in [0.29, 0.717) is 68.4 Å². The van der Waals surface area contributed by atoms with Crippen molar-refractivity contribution in [2.24, 2.45) is 5.92 Å². The van der Waals surface area contributed by atoms with Gasteiger partial charge in [0.25, 0.3) is 5.91 Å². The van der Waals surface area contributed by atoms with Crippen LogP contribution in [0.5, 0.6) is 0 Å². The first-order valence-corrected chi connectivity index (χ1v) is 13.1. The Labute approximate surface area is 214 Å². The molecule has 0 aliphatic carbocycles. The van der Waals surface area contributed by atoms with E-state index in [4.69, 9.17) is 4.74 Å². The number of nitrogens with zero attached hydrogens (tertiary/aromatic N) is 3. The number of fused-ring (bicyclic) bond motifs is 1. The van der Waals surface area contributed by atoms with Crippen molar-refractivity contribution in [1.82, 2.24) is 25.2 Å². The van der Waals surface area contributed by atoms with E-state index in [9.17, 15) is 18.0 Å². The molecule has 2 fully saturated rings. The molecule has 5 heterocycles. The van der Waals surface area contributed by atoms with Crippen molar-refractivity contribution in [3.63, 3.8) is 0 Å². The number of amides is 1. The molecular weight excluding hydrogens is 485 g/mol. The van der Waals surface area contributed by atoms with Crippen LogP contribution in [0.25, 0.3) is 11.3 Å². The van der Waals surface area contributed by atoms with Gasteiger partial charge in [-0.1, -0.05) is 0 Å². The normalized spacial score (nSPS) is 23.0. The Balaban J connectivity index is 1.43. The molecule has 0 bridgehead atoms. The molecule has 3 aliphatic heterocycles. The second kappa shape index (κ2) is 10.2. The van der Waals surface area contributed by atoms with Gasteiger partial charge < -0.3 is 25.3 Å². The molecule has 0 radical (unpaired) electrons. The van der Waals surface area contributed by atoms with Gasteiger partial charge in [-0.25, -0.2) is 9.97 Å². The van der Waals surface area contributed by atoms with E-state index in [2.05, 4.69) is 39.4 Å². The largest absolute Gasteiger partial charge is 0.419 e. The topological polar surface area (TPSA) is 95.2 Å². The number of H-pyrrole nitrogens is 1. The summed E-state index contributed by atoms with van der Waals surface area (Å²) in [5.74, 6) is 0.369. The van der Waals surface area contributed by atoms with Crippen molar-refractivity contribution < 1.29 is 22.7 Å². The summed E-state index contributed by atoms with van der Waals surface area (Å²) in [7, 11) is 0. The minimum atomic E-state index is -4.63. The van der Waals surface area contributed by atoms with Crippen LogP contribution in [0.2, 0.25) is 0 Å². The number of hydrogen-bond acceptors (Lipinski definition) is 6. The van der Waals surface area contributed by atoms with Crippen LogP contribution in [0, 0.1) is 5.92 Å². The van der Waals surface area contributed by atoms with Gasteiger partial charge in [-0.3, -0.25) is 4.79 Å². The van der Waals surface area contributed by atoms with Gasteiger partial charge in [-0.05, 0) is 63.9 Å². The number of carbonyl (C=O) groups is 1. The first kappa shape index (κ1) is 26.0. The fourth-order valence-electron chi connectivity index (χ4n) is 5.53. The molecule has 1 atom stereocenters. The zero-order valence-electron chi connectivity index (χ0n) is 21.4. The Morgan fingerprint density at radius 1 is 1.24 bits per heavy atom. The molecule has 3 N–H and O–H groups in total. The fraction of sp³-hybridized carbons (Fsp3) is 0.654. The summed E-state index contributed by atoms with van der Waals surface area (Å²) in [6.07, 6.45) is 2.49. The number of carbonyl (C=O) groups excluding carboxylic acids is 1. The number of halogens is 3. The van der Waals surface area contributed by atoms with Gasteiger partial charge >= 0.3 is 6.18 Å². The lowest BCUT2D eigenvalue weighted by atomic mass is 9.91. The van der Waals surface area contributed by atoms with Gasteiger partial charge in [0.1, 0.15) is 11.3 Å². The second-order valence-corrected chi connectivity index (χ2v) is 11.1. The first-order chi connectivity index (χ1) is 17.6. The summed E-state index contributed by atoms with van der Waals surface area (Å²) < 4.78 is 47.5. The van der Waals surface area contributed by atoms with Crippen LogP contribution in [-0.2, 0) is 17.3 Å². The quantitative estimate of drug-likeness (QED) is 0.546. The summed E-state index contributed by atoms with van der Waals surface area (Å²) in [4.78, 5) is 26.6. The number of nitrogens with one attached hydrogen (secondary N) is 3. The molecule has 3 aliphatic rings. The molecule has 0 spiro atoms. The monoisotopic (exact) mass is 520 g/mol. The third-order valence-electron chi connectivity index (χ3n) is 7.79. The van der Waals surface area contributed by atoms with Crippen molar-refractivity contribution in [3.8, 4) is 11.3 Å². The molecule has 2 aromatic rings. The molecule has 11 heteroatoms. The number of ether oxygens (including phenoxy) is 1. The standard InChI is InChI=1S/C26H35F3N6O2/c1-25(2)8-5-17(12-32-25)33-24-31-14-20(26(27,28)29)21(34-24)19-13-30-22-18(19)4-3-9-35(23(22)36)15-16-6-10-37-11-7-16/h13-14,16-17,30,32H,3-12,15H2,1-2H3,(H,31,33,34)/t17-/m0/s1. The molecule has 0 unspecified atom stereocenters. The molecule has 37 heavy (non-hydrogen) atoms. The predicted molar refractivity (Wildman–Crippen MR) is 133 cm³/mol. The average Bonchev–Trinajstić information content (AvgIpc) is 3.21. The van der Waals surface area contributed by atoms with Crippen molar-refractivity contribution in [1.29, 1.82) is 0 Å². The van der Waals surface area contributed by atoms with E-state index in [0.717, 1.165) is 31.9 Å². The van der Waals surface area contributed by atoms with Gasteiger partial charge in [-0.15, -0.1) is 0 Å². The van der Waals surface area contributed by atoms with Gasteiger partial charge in [0.2, 0.25) is 5.95 Å². The summed E-state index contributed by atoms with van der Waals surface area (Å²) in [5, 5.41) is 6.65. The number of rotatable bonds is 5. The molecule has 1 amide bonds. The minimum Gasteiger partial charge on any atom is -0.381 e. The van der Waals surface area contributed by atoms with Crippen LogP contribution >= 0.6 is 0 Å². The number of anilines is 1. The van der Waals surface area contributed by atoms with E-state index in [-0.39, 0.29) is 29.1 Å². The highest BCUT2D eigenvalue weighted by Crippen LogP contribution is 2.39. The zero-order valence-corrected chi connectivity index (χ0v) is 21.4. The summed E-state index contributed by atoms with van der Waals surface area (Å²) in [6, 6.07) is 0.0151. The number of piperidine rings is 1. The smallest absolute Gasteiger partial charge is 0.381 e. The molecule has 0 aromatic carbocycles. The fourth-order valence-corrected chi connectivity index (χ4v) is 5.53. The summed E-state index contributed by atoms with van der Waals surface area (Å²) >= 11 is 0. The number of hydrogen-bond donors (Lipinski definition) is 3. The number of alkyl halides is 3. The molecule has 8 nitrogen and oxygen atoms in total. The van der Waals surface area contributed by atoms with E-state index in [1.54, 1.807) is 0 Å². The third-order valence-corrected chi connectivity index (χ3v) is 7.79. The Bertz CT molecular complexity index is 1120. The van der Waals surface area contributed by atoms with Gasteiger partial charge in [0, 0.05) is 62.4 Å². The SMILES string of the molecule is CC1(C)CC[C@H](Nc2ncc(C(F)(F)F)c(-c3c[nH]c4c3CCCN(CC3CCOCC3)C4=O)n2)CN1. The van der Waals surface area contributed by atoms with Crippen molar-refractivity contribution in [2.75, 3.05) is 38.2 Å². The second-order valence-electron chi connectivity index (χ2n) is 11.1. The Morgan fingerprint density at radius 2 is 2.03 bits per heavy atom. The van der Waals surface area contributed by atoms with Crippen molar-refractivity contribution in [2.45, 2.75) is 70.1 Å². The van der Waals surface area contributed by atoms with E-state index in [1.165, 1.54) is 6.20 Å². The van der Waals surface area contributed by atoms with E-state index in [1.807, 2.05) is 4.90 Å².